The lowest BCUT2D eigenvalue weighted by Gasteiger charge is -2.29. The van der Waals surface area contributed by atoms with E-state index in [-0.39, 0.29) is 0 Å². The van der Waals surface area contributed by atoms with Crippen molar-refractivity contribution < 1.29 is 0 Å². The van der Waals surface area contributed by atoms with Crippen LogP contribution in [0, 0.1) is 0 Å². The van der Waals surface area contributed by atoms with Crippen LogP contribution >= 0.6 is 44.2 Å². The number of benzene rings is 2. The average molecular weight is 642 g/mol. The Kier molecular flexibility index (Phi) is 12.0. The van der Waals surface area contributed by atoms with Crippen LogP contribution in [0.3, 0.4) is 0 Å². The first-order valence-electron chi connectivity index (χ1n) is 13.4. The van der Waals surface area contributed by atoms with E-state index in [2.05, 4.69) is 138 Å². The summed E-state index contributed by atoms with van der Waals surface area (Å²) in [6.45, 7) is 27.2. The second-order valence-electron chi connectivity index (χ2n) is 11.9. The molecule has 0 aliphatic carbocycles. The highest BCUT2D eigenvalue weighted by molar-refractivity contribution is 9.43. The zero-order valence-electron chi connectivity index (χ0n) is 24.1. The zero-order valence-corrected chi connectivity index (χ0v) is 29.1. The van der Waals surface area contributed by atoms with Crippen LogP contribution in [0.4, 0.5) is 0 Å². The molecule has 0 saturated heterocycles. The molecule has 2 unspecified atom stereocenters. The topological polar surface area (TPSA) is 0 Å². The van der Waals surface area contributed by atoms with E-state index in [1.807, 2.05) is 0 Å². The molecule has 0 amide bonds. The summed E-state index contributed by atoms with van der Waals surface area (Å²) in [7, 11) is 0. The van der Waals surface area contributed by atoms with E-state index in [1.165, 1.54) is 11.1 Å². The maximum Gasteiger partial charge on any atom is 0.0158 e. The number of halogens is 2. The Bertz CT molecular complexity index is 852. The van der Waals surface area contributed by atoms with Gasteiger partial charge >= 0.3 is 0 Å². The van der Waals surface area contributed by atoms with E-state index in [4.69, 9.17) is 0 Å². The lowest BCUT2D eigenvalue weighted by Crippen LogP contribution is -2.20. The number of hydrogen-bond acceptors (Lipinski definition) is 0. The smallest absolute Gasteiger partial charge is 0.0158 e. The summed E-state index contributed by atoms with van der Waals surface area (Å²) in [4.78, 5) is 0. The minimum atomic E-state index is -0.466. The highest BCUT2D eigenvalue weighted by Crippen LogP contribution is 2.61. The van der Waals surface area contributed by atoms with Gasteiger partial charge in [-0.15, -0.1) is 0 Å². The molecule has 0 aliphatic rings. The first-order chi connectivity index (χ1) is 16.2. The summed E-state index contributed by atoms with van der Waals surface area (Å²) in [6.07, 6.45) is 0. The highest BCUT2D eigenvalue weighted by Gasteiger charge is 2.28. The first-order valence-corrected chi connectivity index (χ1v) is 20.5. The van der Waals surface area contributed by atoms with Gasteiger partial charge in [-0.1, -0.05) is 138 Å². The number of hydrogen-bond donors (Lipinski definition) is 0. The van der Waals surface area contributed by atoms with Crippen LogP contribution in [0.2, 0.25) is 0 Å². The van der Waals surface area contributed by atoms with E-state index in [9.17, 15) is 0 Å². The molecule has 0 saturated carbocycles. The van der Waals surface area contributed by atoms with Crippen LogP contribution in [0.15, 0.2) is 24.3 Å². The predicted octanol–water partition coefficient (Wildman–Crippen LogP) is 11.9. The molecule has 0 bridgehead atoms. The van der Waals surface area contributed by atoms with Crippen LogP contribution in [-0.4, -0.2) is 5.90 Å². The van der Waals surface area contributed by atoms with Gasteiger partial charge in [0, 0.05) is 19.2 Å². The average Bonchev–Trinajstić information content (AvgIpc) is 2.76. The van der Waals surface area contributed by atoms with Gasteiger partial charge in [-0.3, -0.25) is 0 Å². The second kappa shape index (κ2) is 13.4. The summed E-state index contributed by atoms with van der Waals surface area (Å²) in [5.74, 6) is 4.35. The molecule has 35 heavy (non-hydrogen) atoms. The third-order valence-electron chi connectivity index (χ3n) is 6.94. The standard InChI is InChI=1S/C31H48Br2P2/c1-18(2)24-13-26(20(5)6)30(27(14-24)21(7)8)34(32)17-35(33)31-28(22(9)10)15-25(19(3)4)16-29(31)23(11)12/h13-16,18-23H,17H2,1-12H3. The van der Waals surface area contributed by atoms with Gasteiger partial charge in [-0.05, 0) is 79.5 Å². The molecule has 0 spiro atoms. The molecular weight excluding hydrogens is 594 g/mol. The normalized spacial score (nSPS) is 14.3. The molecule has 0 aromatic heterocycles. The molecule has 2 atom stereocenters. The van der Waals surface area contributed by atoms with Crippen molar-refractivity contribution in [3.05, 3.63) is 57.6 Å². The summed E-state index contributed by atoms with van der Waals surface area (Å²) in [5.41, 5.74) is 9.13. The molecule has 4 heteroatoms. The van der Waals surface area contributed by atoms with Gasteiger partial charge in [0.1, 0.15) is 0 Å². The molecule has 196 valence electrons. The fourth-order valence-corrected chi connectivity index (χ4v) is 18.3. The minimum absolute atomic E-state index is 0.466. The molecule has 2 aromatic rings. The van der Waals surface area contributed by atoms with E-state index < -0.39 is 13.2 Å². The molecule has 2 aromatic carbocycles. The first kappa shape index (κ1) is 31.5. The van der Waals surface area contributed by atoms with Crippen molar-refractivity contribution in [3.63, 3.8) is 0 Å². The van der Waals surface area contributed by atoms with Crippen molar-refractivity contribution >= 4 is 54.8 Å². The van der Waals surface area contributed by atoms with Crippen molar-refractivity contribution in [2.24, 2.45) is 0 Å². The fourth-order valence-electron chi connectivity index (χ4n) is 4.65. The summed E-state index contributed by atoms with van der Waals surface area (Å²) < 4.78 is 0. The third kappa shape index (κ3) is 7.65. The maximum absolute atomic E-state index is 4.30. The Morgan fingerprint density at radius 3 is 0.857 bits per heavy atom. The van der Waals surface area contributed by atoms with Crippen LogP contribution < -0.4 is 10.6 Å². The fraction of sp³-hybridized carbons (Fsp3) is 0.613. The van der Waals surface area contributed by atoms with Gasteiger partial charge in [-0.2, -0.15) is 0 Å². The quantitative estimate of drug-likeness (QED) is 0.226. The van der Waals surface area contributed by atoms with Gasteiger partial charge < -0.3 is 0 Å². The van der Waals surface area contributed by atoms with Crippen molar-refractivity contribution in [3.8, 4) is 0 Å². The van der Waals surface area contributed by atoms with Gasteiger partial charge in [0.05, 0.1) is 0 Å². The predicted molar refractivity (Wildman–Crippen MR) is 173 cm³/mol. The van der Waals surface area contributed by atoms with Gasteiger partial charge in [-0.25, -0.2) is 0 Å². The molecule has 0 fully saturated rings. The second-order valence-corrected chi connectivity index (χ2v) is 20.5. The van der Waals surface area contributed by atoms with Crippen LogP contribution in [0.5, 0.6) is 0 Å². The van der Waals surface area contributed by atoms with E-state index in [0.717, 1.165) is 5.90 Å². The lowest BCUT2D eigenvalue weighted by atomic mass is 9.89. The Labute approximate surface area is 235 Å². The highest BCUT2D eigenvalue weighted by atomic mass is 79.9. The molecule has 0 N–H and O–H groups in total. The van der Waals surface area contributed by atoms with Crippen LogP contribution in [-0.2, 0) is 0 Å². The largest absolute Gasteiger partial charge is 0.0587 e. The molecule has 0 heterocycles. The number of rotatable bonds is 10. The van der Waals surface area contributed by atoms with Crippen molar-refractivity contribution in [1.82, 2.24) is 0 Å². The SMILES string of the molecule is CC(C)c1cc(C(C)C)c(P(Br)CP(Br)c2c(C(C)C)cc(C(C)C)cc2C(C)C)c(C(C)C)c1. The maximum atomic E-state index is 4.30. The molecular formula is C31H48Br2P2. The minimum Gasteiger partial charge on any atom is -0.0587 e. The molecule has 0 radical (unpaired) electrons. The van der Waals surface area contributed by atoms with Crippen molar-refractivity contribution in [2.45, 2.75) is 119 Å². The van der Waals surface area contributed by atoms with Gasteiger partial charge in [0.2, 0.25) is 0 Å². The van der Waals surface area contributed by atoms with Crippen molar-refractivity contribution in [2.75, 3.05) is 5.90 Å². The Morgan fingerprint density at radius 2 is 0.686 bits per heavy atom. The Morgan fingerprint density at radius 1 is 0.457 bits per heavy atom. The monoisotopic (exact) mass is 640 g/mol. The Hall–Kier alpha value is 0.260. The third-order valence-corrected chi connectivity index (χ3v) is 17.1. The zero-order chi connectivity index (χ0) is 26.8. The summed E-state index contributed by atoms with van der Waals surface area (Å²) >= 11 is 8.59. The van der Waals surface area contributed by atoms with Crippen LogP contribution in [0.1, 0.15) is 152 Å². The van der Waals surface area contributed by atoms with Crippen LogP contribution in [0.25, 0.3) is 0 Å². The lowest BCUT2D eigenvalue weighted by molar-refractivity contribution is 0.813. The van der Waals surface area contributed by atoms with Gasteiger partial charge in [0.15, 0.2) is 0 Å². The Balaban J connectivity index is 2.64. The van der Waals surface area contributed by atoms with Crippen molar-refractivity contribution in [1.29, 1.82) is 0 Å². The van der Waals surface area contributed by atoms with E-state index in [0.29, 0.717) is 35.5 Å². The van der Waals surface area contributed by atoms with Gasteiger partial charge in [0.25, 0.3) is 0 Å². The van der Waals surface area contributed by atoms with E-state index >= 15 is 0 Å². The molecule has 0 aliphatic heterocycles. The van der Waals surface area contributed by atoms with E-state index in [1.54, 1.807) is 32.9 Å². The summed E-state index contributed by atoms with van der Waals surface area (Å²) in [5, 5.41) is 3.19. The molecule has 2 rings (SSSR count). The molecule has 0 nitrogen and oxygen atoms in total. The summed E-state index contributed by atoms with van der Waals surface area (Å²) in [6, 6.07) is 10.0.